The van der Waals surface area contributed by atoms with E-state index >= 15 is 0 Å². The van der Waals surface area contributed by atoms with Gasteiger partial charge in [-0.2, -0.15) is 0 Å². The molecule has 0 radical (unpaired) electrons. The third-order valence-electron chi connectivity index (χ3n) is 3.85. The minimum Gasteiger partial charge on any atom is -0.469 e. The molecule has 122 valence electrons. The second-order valence-electron chi connectivity index (χ2n) is 5.52. The zero-order valence-electron chi connectivity index (χ0n) is 13.5. The quantitative estimate of drug-likeness (QED) is 0.687. The first kappa shape index (κ1) is 17.3. The van der Waals surface area contributed by atoms with Crippen molar-refractivity contribution in [3.63, 3.8) is 0 Å². The summed E-state index contributed by atoms with van der Waals surface area (Å²) in [5.74, 6) is 1.21. The Labute approximate surface area is 138 Å². The molecule has 0 aliphatic carbocycles. The molecule has 1 heterocycles. The van der Waals surface area contributed by atoms with Crippen LogP contribution in [-0.4, -0.2) is 8.42 Å². The van der Waals surface area contributed by atoms with Gasteiger partial charge in [-0.15, -0.1) is 5.73 Å². The van der Waals surface area contributed by atoms with Gasteiger partial charge in [-0.25, -0.2) is 8.42 Å². The Morgan fingerprint density at radius 3 is 2.57 bits per heavy atom. The molecule has 0 amide bonds. The van der Waals surface area contributed by atoms with Crippen molar-refractivity contribution in [1.82, 2.24) is 0 Å². The number of benzene rings is 1. The van der Waals surface area contributed by atoms with E-state index in [-0.39, 0.29) is 5.92 Å². The lowest BCUT2D eigenvalue weighted by atomic mass is 9.94. The molecular formula is C19H22O3S. The first-order chi connectivity index (χ1) is 11.0. The molecule has 0 fully saturated rings. The summed E-state index contributed by atoms with van der Waals surface area (Å²) < 4.78 is 29.9. The van der Waals surface area contributed by atoms with E-state index in [0.717, 1.165) is 30.6 Å². The molecule has 4 heteroatoms. The van der Waals surface area contributed by atoms with Crippen LogP contribution in [0.4, 0.5) is 0 Å². The van der Waals surface area contributed by atoms with Crippen molar-refractivity contribution in [2.75, 3.05) is 0 Å². The third-order valence-corrected chi connectivity index (χ3v) is 5.21. The molecule has 0 bridgehead atoms. The number of hydrogen-bond donors (Lipinski definition) is 0. The van der Waals surface area contributed by atoms with Crippen molar-refractivity contribution in [3.05, 3.63) is 71.2 Å². The summed E-state index contributed by atoms with van der Waals surface area (Å²) in [6.45, 7) is 4.12. The van der Waals surface area contributed by atoms with E-state index in [2.05, 4.69) is 12.7 Å². The molecule has 2 aromatic rings. The van der Waals surface area contributed by atoms with Crippen LogP contribution in [-0.2, 0) is 16.3 Å². The topological polar surface area (TPSA) is 47.3 Å². The van der Waals surface area contributed by atoms with Gasteiger partial charge in [-0.1, -0.05) is 32.0 Å². The standard InChI is InChI=1S/C19H22O3S/c1-3-17(16(2)11-12-18-8-7-14-22-18)13-15-23(20,21)19-9-5-4-6-10-19/h4-10,14-16H,3,11-12H2,1-2H3. The molecule has 2 rings (SSSR count). The molecule has 0 aliphatic heterocycles. The largest absolute Gasteiger partial charge is 0.469 e. The molecule has 1 aromatic heterocycles. The van der Waals surface area contributed by atoms with Crippen molar-refractivity contribution in [2.45, 2.75) is 38.0 Å². The lowest BCUT2D eigenvalue weighted by Crippen LogP contribution is -2.01. The predicted octanol–water partition coefficient (Wildman–Crippen LogP) is 4.77. The lowest BCUT2D eigenvalue weighted by molar-refractivity contribution is 0.479. The summed E-state index contributed by atoms with van der Waals surface area (Å²) in [6.07, 6.45) is 4.19. The number of sulfone groups is 1. The van der Waals surface area contributed by atoms with Gasteiger partial charge in [-0.05, 0) is 48.6 Å². The Kier molecular flexibility index (Phi) is 6.03. The first-order valence-electron chi connectivity index (χ1n) is 7.81. The van der Waals surface area contributed by atoms with Crippen LogP contribution in [0.15, 0.2) is 74.8 Å². The molecule has 3 nitrogen and oxygen atoms in total. The van der Waals surface area contributed by atoms with Crippen molar-refractivity contribution in [2.24, 2.45) is 5.92 Å². The fourth-order valence-electron chi connectivity index (χ4n) is 2.41. The van der Waals surface area contributed by atoms with E-state index in [1.807, 2.05) is 19.1 Å². The van der Waals surface area contributed by atoms with Crippen molar-refractivity contribution in [3.8, 4) is 0 Å². The van der Waals surface area contributed by atoms with Gasteiger partial charge < -0.3 is 4.42 Å². The summed E-state index contributed by atoms with van der Waals surface area (Å²) in [5, 5.41) is 1.20. The third kappa shape index (κ3) is 4.98. The van der Waals surface area contributed by atoms with Gasteiger partial charge in [0.2, 0.25) is 9.84 Å². The molecule has 23 heavy (non-hydrogen) atoms. The number of furan rings is 1. The van der Waals surface area contributed by atoms with E-state index in [0.29, 0.717) is 4.90 Å². The Bertz CT molecular complexity index is 765. The molecule has 0 N–H and O–H groups in total. The minimum absolute atomic E-state index is 0.257. The second-order valence-corrected chi connectivity index (χ2v) is 7.32. The number of hydrogen-bond acceptors (Lipinski definition) is 3. The van der Waals surface area contributed by atoms with E-state index in [1.54, 1.807) is 36.6 Å². The number of aryl methyl sites for hydroxylation is 1. The Morgan fingerprint density at radius 1 is 1.22 bits per heavy atom. The average molecular weight is 330 g/mol. The van der Waals surface area contributed by atoms with Crippen LogP contribution in [0.25, 0.3) is 0 Å². The van der Waals surface area contributed by atoms with Crippen LogP contribution in [0, 0.1) is 5.92 Å². The van der Waals surface area contributed by atoms with Crippen LogP contribution in [0.2, 0.25) is 0 Å². The van der Waals surface area contributed by atoms with Crippen LogP contribution in [0.5, 0.6) is 0 Å². The lowest BCUT2D eigenvalue weighted by Gasteiger charge is -2.11. The van der Waals surface area contributed by atoms with Crippen molar-refractivity contribution in [1.29, 1.82) is 0 Å². The molecule has 1 aromatic carbocycles. The van der Waals surface area contributed by atoms with Crippen LogP contribution in [0.3, 0.4) is 0 Å². The fourth-order valence-corrected chi connectivity index (χ4v) is 3.39. The summed E-state index contributed by atoms with van der Waals surface area (Å²) in [7, 11) is -3.43. The monoisotopic (exact) mass is 330 g/mol. The highest BCUT2D eigenvalue weighted by molar-refractivity contribution is 7.94. The maximum absolute atomic E-state index is 12.3. The van der Waals surface area contributed by atoms with Gasteiger partial charge in [-0.3, -0.25) is 0 Å². The first-order valence-corrected chi connectivity index (χ1v) is 9.35. The molecule has 0 aliphatic rings. The average Bonchev–Trinajstić information content (AvgIpc) is 3.07. The molecule has 1 atom stereocenters. The maximum atomic E-state index is 12.3. The van der Waals surface area contributed by atoms with Crippen molar-refractivity contribution < 1.29 is 12.8 Å². The van der Waals surface area contributed by atoms with Crippen LogP contribution >= 0.6 is 0 Å². The Hall–Kier alpha value is -2.03. The highest BCUT2D eigenvalue weighted by Crippen LogP contribution is 2.20. The van der Waals surface area contributed by atoms with E-state index in [1.165, 1.54) is 5.41 Å². The van der Waals surface area contributed by atoms with Crippen LogP contribution in [0.1, 0.15) is 32.4 Å². The van der Waals surface area contributed by atoms with Gasteiger partial charge in [0.25, 0.3) is 0 Å². The number of allylic oxidation sites excluding steroid dienone is 1. The zero-order chi connectivity index (χ0) is 16.7. The highest BCUT2D eigenvalue weighted by atomic mass is 32.2. The normalized spacial score (nSPS) is 12.4. The summed E-state index contributed by atoms with van der Waals surface area (Å²) in [5.41, 5.74) is 4.02. The summed E-state index contributed by atoms with van der Waals surface area (Å²) in [4.78, 5) is 0.297. The minimum atomic E-state index is -3.43. The van der Waals surface area contributed by atoms with Gasteiger partial charge >= 0.3 is 0 Å². The van der Waals surface area contributed by atoms with Gasteiger partial charge in [0, 0.05) is 6.42 Å². The predicted molar refractivity (Wildman–Crippen MR) is 91.7 cm³/mol. The van der Waals surface area contributed by atoms with E-state index in [9.17, 15) is 8.42 Å². The van der Waals surface area contributed by atoms with Crippen LogP contribution < -0.4 is 0 Å². The van der Waals surface area contributed by atoms with Crippen molar-refractivity contribution >= 4 is 9.84 Å². The maximum Gasteiger partial charge on any atom is 0.207 e. The fraction of sp³-hybridized carbons (Fsp3) is 0.316. The second kappa shape index (κ2) is 8.00. The molecule has 0 saturated heterocycles. The Balaban J connectivity index is 2.13. The highest BCUT2D eigenvalue weighted by Gasteiger charge is 2.11. The zero-order valence-corrected chi connectivity index (χ0v) is 14.3. The molecular weight excluding hydrogens is 308 g/mol. The van der Waals surface area contributed by atoms with Gasteiger partial charge in [0.15, 0.2) is 0 Å². The van der Waals surface area contributed by atoms with E-state index in [4.69, 9.17) is 4.42 Å². The van der Waals surface area contributed by atoms with Gasteiger partial charge in [0.1, 0.15) is 5.76 Å². The molecule has 0 spiro atoms. The summed E-state index contributed by atoms with van der Waals surface area (Å²) >= 11 is 0. The number of rotatable bonds is 7. The summed E-state index contributed by atoms with van der Waals surface area (Å²) in [6, 6.07) is 12.3. The molecule has 0 saturated carbocycles. The van der Waals surface area contributed by atoms with Gasteiger partial charge in [0.05, 0.1) is 16.6 Å². The SMILES string of the molecule is CCC(=C=CS(=O)(=O)c1ccccc1)C(C)CCc1ccco1. The smallest absolute Gasteiger partial charge is 0.207 e. The Morgan fingerprint density at radius 2 is 1.96 bits per heavy atom. The molecule has 1 unspecified atom stereocenters. The van der Waals surface area contributed by atoms with E-state index < -0.39 is 9.84 Å².